The van der Waals surface area contributed by atoms with Gasteiger partial charge in [0.25, 0.3) is 0 Å². The number of nitrogens with zero attached hydrogens (tertiary/aromatic N) is 1. The molecule has 1 unspecified atom stereocenters. The molecule has 3 N–H and O–H groups in total. The summed E-state index contributed by atoms with van der Waals surface area (Å²) in [6, 6.07) is 4.37. The Morgan fingerprint density at radius 2 is 2.14 bits per heavy atom. The van der Waals surface area contributed by atoms with E-state index in [9.17, 15) is 12.8 Å². The molecule has 118 valence electrons. The third kappa shape index (κ3) is 5.59. The Bertz CT molecular complexity index is 602. The summed E-state index contributed by atoms with van der Waals surface area (Å²) in [5, 5.41) is 8.73. The molecule has 0 saturated carbocycles. The Hall–Kier alpha value is -1.20. The molecule has 0 fully saturated rings. The number of halogens is 2. The number of unbranched alkanes of at least 4 members (excludes halogenated alkanes) is 1. The van der Waals surface area contributed by atoms with E-state index in [-0.39, 0.29) is 35.5 Å². The molecule has 5 nitrogen and oxygen atoms in total. The molecular weight excluding hydrogens is 317 g/mol. The molecule has 8 heteroatoms. The highest BCUT2D eigenvalue weighted by Gasteiger charge is 2.20. The summed E-state index contributed by atoms with van der Waals surface area (Å²) in [4.78, 5) is -0.134. The number of hydrogen-bond acceptors (Lipinski definition) is 4. The van der Waals surface area contributed by atoms with Gasteiger partial charge in [0.1, 0.15) is 11.9 Å². The van der Waals surface area contributed by atoms with Crippen LogP contribution in [-0.2, 0) is 10.0 Å². The van der Waals surface area contributed by atoms with Gasteiger partial charge in [0, 0.05) is 12.6 Å². The molecule has 0 aliphatic carbocycles. The van der Waals surface area contributed by atoms with E-state index >= 15 is 0 Å². The van der Waals surface area contributed by atoms with Crippen molar-refractivity contribution in [3.05, 3.63) is 29.6 Å². The van der Waals surface area contributed by atoms with Crippen LogP contribution in [0.3, 0.4) is 0 Å². The fourth-order valence-electron chi connectivity index (χ4n) is 1.72. The number of sulfonamides is 1. The second-order valence-electron chi connectivity index (χ2n) is 4.45. The van der Waals surface area contributed by atoms with Crippen LogP contribution in [0.1, 0.15) is 31.7 Å². The predicted molar refractivity (Wildman–Crippen MR) is 81.1 cm³/mol. The summed E-state index contributed by atoms with van der Waals surface area (Å²) in [7, 11) is -3.80. The van der Waals surface area contributed by atoms with Gasteiger partial charge in [-0.2, -0.15) is 5.26 Å². The van der Waals surface area contributed by atoms with Gasteiger partial charge in [-0.15, -0.1) is 12.4 Å². The van der Waals surface area contributed by atoms with E-state index in [0.717, 1.165) is 31.0 Å². The van der Waals surface area contributed by atoms with Crippen LogP contribution in [0, 0.1) is 17.1 Å². The Balaban J connectivity index is 0.00000400. The first-order chi connectivity index (χ1) is 9.44. The van der Waals surface area contributed by atoms with Crippen molar-refractivity contribution in [3.8, 4) is 6.07 Å². The fraction of sp³-hybridized carbons (Fsp3) is 0.462. The SMILES string of the molecule is CCCCC(CN)NS(=O)(=O)c1ccc(F)c(C#N)c1.Cl. The lowest BCUT2D eigenvalue weighted by molar-refractivity contribution is 0.516. The van der Waals surface area contributed by atoms with E-state index in [1.807, 2.05) is 6.92 Å². The van der Waals surface area contributed by atoms with Crippen LogP contribution < -0.4 is 10.5 Å². The fourth-order valence-corrected chi connectivity index (χ4v) is 3.03. The Morgan fingerprint density at radius 1 is 1.48 bits per heavy atom. The van der Waals surface area contributed by atoms with Crippen LogP contribution in [0.25, 0.3) is 0 Å². The molecule has 1 rings (SSSR count). The van der Waals surface area contributed by atoms with Crippen LogP contribution >= 0.6 is 12.4 Å². The number of nitriles is 1. The topological polar surface area (TPSA) is 96.0 Å². The van der Waals surface area contributed by atoms with E-state index in [4.69, 9.17) is 11.0 Å². The van der Waals surface area contributed by atoms with Crippen LogP contribution in [0.5, 0.6) is 0 Å². The van der Waals surface area contributed by atoms with E-state index in [0.29, 0.717) is 6.42 Å². The lowest BCUT2D eigenvalue weighted by Crippen LogP contribution is -2.40. The Labute approximate surface area is 130 Å². The number of rotatable bonds is 7. The highest BCUT2D eigenvalue weighted by molar-refractivity contribution is 7.89. The zero-order valence-corrected chi connectivity index (χ0v) is 13.3. The molecule has 1 atom stereocenters. The first-order valence-electron chi connectivity index (χ1n) is 6.36. The quantitative estimate of drug-likeness (QED) is 0.795. The minimum atomic E-state index is -3.80. The van der Waals surface area contributed by atoms with E-state index in [1.165, 1.54) is 0 Å². The van der Waals surface area contributed by atoms with Crippen LogP contribution in [-0.4, -0.2) is 21.0 Å². The van der Waals surface area contributed by atoms with Crippen molar-refractivity contribution in [2.24, 2.45) is 5.73 Å². The summed E-state index contributed by atoms with van der Waals surface area (Å²) in [5.74, 6) is -0.743. The number of nitrogens with one attached hydrogen (secondary N) is 1. The summed E-state index contributed by atoms with van der Waals surface area (Å²) in [6.07, 6.45) is 2.43. The summed E-state index contributed by atoms with van der Waals surface area (Å²) < 4.78 is 40.0. The standard InChI is InChI=1S/C13H18FN3O2S.ClH/c1-2-3-4-11(9-16)17-20(18,19)12-5-6-13(14)10(7-12)8-15;/h5-7,11,17H,2-4,9,16H2,1H3;1H. The smallest absolute Gasteiger partial charge is 0.240 e. The van der Waals surface area contributed by atoms with Gasteiger partial charge >= 0.3 is 0 Å². The zero-order chi connectivity index (χ0) is 15.2. The molecule has 0 aromatic heterocycles. The maximum atomic E-state index is 13.2. The summed E-state index contributed by atoms with van der Waals surface area (Å²) in [6.45, 7) is 2.19. The van der Waals surface area contributed by atoms with Crippen molar-refractivity contribution >= 4 is 22.4 Å². The molecule has 0 radical (unpaired) electrons. The molecule has 0 aliphatic rings. The van der Waals surface area contributed by atoms with E-state index in [2.05, 4.69) is 4.72 Å². The molecule has 0 amide bonds. The van der Waals surface area contributed by atoms with Crippen molar-refractivity contribution in [2.45, 2.75) is 37.1 Å². The second kappa shape index (κ2) is 8.95. The van der Waals surface area contributed by atoms with Crippen molar-refractivity contribution < 1.29 is 12.8 Å². The maximum Gasteiger partial charge on any atom is 0.240 e. The highest BCUT2D eigenvalue weighted by atomic mass is 35.5. The number of nitrogens with two attached hydrogens (primary N) is 1. The molecule has 0 spiro atoms. The second-order valence-corrected chi connectivity index (χ2v) is 6.16. The summed E-state index contributed by atoms with van der Waals surface area (Å²) in [5.41, 5.74) is 5.24. The van der Waals surface area contributed by atoms with Gasteiger partial charge < -0.3 is 5.73 Å². The number of benzene rings is 1. The lowest BCUT2D eigenvalue weighted by atomic mass is 10.1. The molecule has 21 heavy (non-hydrogen) atoms. The van der Waals surface area contributed by atoms with Crippen LogP contribution in [0.4, 0.5) is 4.39 Å². The molecular formula is C13H19ClFN3O2S. The zero-order valence-electron chi connectivity index (χ0n) is 11.7. The average molecular weight is 336 g/mol. The van der Waals surface area contributed by atoms with Gasteiger partial charge in [-0.05, 0) is 24.6 Å². The highest BCUT2D eigenvalue weighted by Crippen LogP contribution is 2.15. The third-order valence-corrected chi connectivity index (χ3v) is 4.40. The first-order valence-corrected chi connectivity index (χ1v) is 7.85. The first kappa shape index (κ1) is 19.8. The lowest BCUT2D eigenvalue weighted by Gasteiger charge is -2.16. The molecule has 0 bridgehead atoms. The Kier molecular flexibility index (Phi) is 8.44. The van der Waals surface area contributed by atoms with Gasteiger partial charge in [-0.25, -0.2) is 17.5 Å². The van der Waals surface area contributed by atoms with Crippen molar-refractivity contribution in [1.82, 2.24) is 4.72 Å². The van der Waals surface area contributed by atoms with Crippen LogP contribution in [0.2, 0.25) is 0 Å². The van der Waals surface area contributed by atoms with Gasteiger partial charge in [0.15, 0.2) is 0 Å². The minimum absolute atomic E-state index is 0. The van der Waals surface area contributed by atoms with Crippen molar-refractivity contribution in [2.75, 3.05) is 6.54 Å². The van der Waals surface area contributed by atoms with Crippen LogP contribution in [0.15, 0.2) is 23.1 Å². The van der Waals surface area contributed by atoms with Gasteiger partial charge in [-0.3, -0.25) is 0 Å². The molecule has 0 aliphatic heterocycles. The van der Waals surface area contributed by atoms with Crippen molar-refractivity contribution in [1.29, 1.82) is 5.26 Å². The molecule has 0 heterocycles. The van der Waals surface area contributed by atoms with E-state index in [1.54, 1.807) is 6.07 Å². The predicted octanol–water partition coefficient (Wildman–Crippen LogP) is 1.91. The van der Waals surface area contributed by atoms with E-state index < -0.39 is 15.8 Å². The largest absolute Gasteiger partial charge is 0.329 e. The monoisotopic (exact) mass is 335 g/mol. The minimum Gasteiger partial charge on any atom is -0.329 e. The maximum absolute atomic E-state index is 13.2. The van der Waals surface area contributed by atoms with Gasteiger partial charge in [-0.1, -0.05) is 19.8 Å². The molecule has 1 aromatic carbocycles. The molecule has 1 aromatic rings. The Morgan fingerprint density at radius 3 is 2.67 bits per heavy atom. The van der Waals surface area contributed by atoms with Gasteiger partial charge in [0.2, 0.25) is 10.0 Å². The third-order valence-electron chi connectivity index (χ3n) is 2.88. The molecule has 0 saturated heterocycles. The van der Waals surface area contributed by atoms with Gasteiger partial charge in [0.05, 0.1) is 10.5 Å². The number of hydrogen-bond donors (Lipinski definition) is 2. The van der Waals surface area contributed by atoms with Crippen molar-refractivity contribution in [3.63, 3.8) is 0 Å². The summed E-state index contributed by atoms with van der Waals surface area (Å²) >= 11 is 0. The normalized spacial score (nSPS) is 12.3. The average Bonchev–Trinajstić information content (AvgIpc) is 2.43.